The second-order valence-corrected chi connectivity index (χ2v) is 15.0. The van der Waals surface area contributed by atoms with Crippen molar-refractivity contribution in [2.45, 2.75) is 71.8 Å². The second-order valence-electron chi connectivity index (χ2n) is 15.0. The van der Waals surface area contributed by atoms with E-state index < -0.39 is 5.60 Å². The van der Waals surface area contributed by atoms with Gasteiger partial charge in [0.1, 0.15) is 24.5 Å². The molecule has 1 saturated carbocycles. The number of fused-ring (bicyclic) bond motifs is 1. The van der Waals surface area contributed by atoms with Crippen molar-refractivity contribution < 1.29 is 19.0 Å². The van der Waals surface area contributed by atoms with Crippen LogP contribution in [-0.2, 0) is 25.0 Å². The van der Waals surface area contributed by atoms with E-state index in [0.717, 1.165) is 71.3 Å². The van der Waals surface area contributed by atoms with Crippen molar-refractivity contribution in [1.82, 2.24) is 19.7 Å². The number of carbonyl (C=O) groups excluding carboxylic acids is 1. The van der Waals surface area contributed by atoms with Crippen LogP contribution in [0.3, 0.4) is 0 Å². The Morgan fingerprint density at radius 1 is 0.900 bits per heavy atom. The molecule has 2 aliphatic rings. The highest BCUT2D eigenvalue weighted by atomic mass is 16.6. The number of para-hydroxylation sites is 1. The molecule has 50 heavy (non-hydrogen) atoms. The van der Waals surface area contributed by atoms with E-state index in [-0.39, 0.29) is 11.5 Å². The van der Waals surface area contributed by atoms with E-state index in [1.165, 1.54) is 0 Å². The number of benzene rings is 3. The molecule has 3 aromatic carbocycles. The lowest BCUT2D eigenvalue weighted by atomic mass is 9.64. The first-order valence-corrected chi connectivity index (χ1v) is 17.6. The first kappa shape index (κ1) is 33.4. The number of amides is 1. The van der Waals surface area contributed by atoms with Gasteiger partial charge in [-0.3, -0.25) is 4.68 Å². The van der Waals surface area contributed by atoms with Crippen LogP contribution >= 0.6 is 0 Å². The van der Waals surface area contributed by atoms with Crippen LogP contribution in [0.5, 0.6) is 11.8 Å². The van der Waals surface area contributed by atoms with Crippen LogP contribution in [0, 0.1) is 11.3 Å². The zero-order chi connectivity index (χ0) is 34.9. The number of aromatic nitrogens is 3. The Balaban J connectivity index is 1.10. The molecule has 2 atom stereocenters. The molecule has 9 heteroatoms. The van der Waals surface area contributed by atoms with Gasteiger partial charge in [0, 0.05) is 43.0 Å². The summed E-state index contributed by atoms with van der Waals surface area (Å²) in [7, 11) is 1.99. The molecule has 260 valence electrons. The summed E-state index contributed by atoms with van der Waals surface area (Å²) < 4.78 is 20.0. The highest BCUT2D eigenvalue weighted by molar-refractivity contribution is 6.00. The average molecular weight is 674 g/mol. The number of anilines is 1. The number of rotatable bonds is 9. The topological polar surface area (TPSA) is 90.7 Å². The van der Waals surface area contributed by atoms with E-state index in [2.05, 4.69) is 30.4 Å². The second kappa shape index (κ2) is 13.7. The van der Waals surface area contributed by atoms with Crippen molar-refractivity contribution in [3.63, 3.8) is 0 Å². The van der Waals surface area contributed by atoms with E-state index in [9.17, 15) is 4.79 Å². The summed E-state index contributed by atoms with van der Waals surface area (Å²) in [5.41, 5.74) is 5.54. The Morgan fingerprint density at radius 2 is 1.58 bits per heavy atom. The summed E-state index contributed by atoms with van der Waals surface area (Å²) in [5, 5.41) is 9.96. The molecule has 1 aliphatic heterocycles. The molecule has 9 nitrogen and oxygen atoms in total. The molecule has 0 bridgehead atoms. The Kier molecular flexibility index (Phi) is 9.16. The number of aryl methyl sites for hydroxylation is 1. The molecule has 7 rings (SSSR count). The lowest BCUT2D eigenvalue weighted by molar-refractivity contribution is -0.0580. The number of ether oxygens (including phenoxy) is 3. The largest absolute Gasteiger partial charge is 0.473 e. The third kappa shape index (κ3) is 7.27. The molecule has 1 saturated heterocycles. The summed E-state index contributed by atoms with van der Waals surface area (Å²) >= 11 is 0. The number of carbonyl (C=O) groups is 1. The van der Waals surface area contributed by atoms with Crippen molar-refractivity contribution in [3.8, 4) is 23.0 Å². The van der Waals surface area contributed by atoms with Gasteiger partial charge in [-0.05, 0) is 69.2 Å². The fourth-order valence-corrected chi connectivity index (χ4v) is 7.50. The average Bonchev–Trinajstić information content (AvgIpc) is 3.43. The minimum atomic E-state index is -0.477. The molecular formula is C41H47N5O4. The van der Waals surface area contributed by atoms with Crippen LogP contribution < -0.4 is 14.8 Å². The van der Waals surface area contributed by atoms with E-state index in [1.54, 1.807) is 0 Å². The predicted molar refractivity (Wildman–Crippen MR) is 196 cm³/mol. The summed E-state index contributed by atoms with van der Waals surface area (Å²) in [5.74, 6) is 1.41. The van der Waals surface area contributed by atoms with Crippen molar-refractivity contribution in [1.29, 1.82) is 0 Å². The van der Waals surface area contributed by atoms with Gasteiger partial charge in [0.15, 0.2) is 0 Å². The molecule has 3 heterocycles. The van der Waals surface area contributed by atoms with Crippen LogP contribution in [0.15, 0.2) is 91.0 Å². The number of hydrogen-bond acceptors (Lipinski definition) is 7. The molecule has 1 amide bonds. The van der Waals surface area contributed by atoms with Gasteiger partial charge in [-0.15, -0.1) is 0 Å². The third-order valence-corrected chi connectivity index (χ3v) is 9.88. The number of nitrogens with one attached hydrogen (secondary N) is 1. The Morgan fingerprint density at radius 3 is 2.24 bits per heavy atom. The zero-order valence-electron chi connectivity index (χ0n) is 29.7. The van der Waals surface area contributed by atoms with Gasteiger partial charge in [0.05, 0.1) is 16.8 Å². The normalized spacial score (nSPS) is 18.5. The van der Waals surface area contributed by atoms with Gasteiger partial charge in [-0.25, -0.2) is 4.79 Å². The van der Waals surface area contributed by atoms with Crippen LogP contribution in [-0.4, -0.2) is 50.5 Å². The van der Waals surface area contributed by atoms with Gasteiger partial charge in [0.25, 0.3) is 0 Å². The lowest BCUT2D eigenvalue weighted by Gasteiger charge is -2.55. The van der Waals surface area contributed by atoms with Crippen molar-refractivity contribution in [2.24, 2.45) is 18.4 Å². The zero-order valence-corrected chi connectivity index (χ0v) is 29.7. The standard InChI is InChI=1S/C41H47N5O4/c1-28-23-41(26-46(27-41)39(47)50-40(2,3)4)22-21-33(28)42-34-18-12-17-31-36(44-45(5)37(31)34)32-19-20-35(48-24-29-13-8-6-9-14-29)43-38(32)49-25-30-15-10-7-11-16-30/h6-20,28,33,42H,21-27H2,1-5H3/t28-,33-/m0/s1. The molecule has 1 aliphatic carbocycles. The fourth-order valence-electron chi connectivity index (χ4n) is 7.50. The summed E-state index contributed by atoms with van der Waals surface area (Å²) in [4.78, 5) is 19.3. The monoisotopic (exact) mass is 673 g/mol. The minimum Gasteiger partial charge on any atom is -0.473 e. The third-order valence-electron chi connectivity index (χ3n) is 9.88. The Labute approximate surface area is 294 Å². The first-order chi connectivity index (χ1) is 24.1. The van der Waals surface area contributed by atoms with Gasteiger partial charge >= 0.3 is 6.09 Å². The maximum atomic E-state index is 12.6. The molecule has 5 aromatic rings. The maximum absolute atomic E-state index is 12.6. The van der Waals surface area contributed by atoms with Crippen LogP contribution in [0.4, 0.5) is 10.5 Å². The summed E-state index contributed by atoms with van der Waals surface area (Å²) in [6, 6.07) is 30.7. The van der Waals surface area contributed by atoms with Crippen molar-refractivity contribution >= 4 is 22.7 Å². The van der Waals surface area contributed by atoms with Crippen LogP contribution in [0.2, 0.25) is 0 Å². The van der Waals surface area contributed by atoms with Gasteiger partial charge in [-0.2, -0.15) is 10.1 Å². The van der Waals surface area contributed by atoms with Crippen LogP contribution in [0.25, 0.3) is 22.2 Å². The highest BCUT2D eigenvalue weighted by Crippen LogP contribution is 2.47. The number of pyridine rings is 1. The molecule has 0 unspecified atom stereocenters. The minimum absolute atomic E-state index is 0.181. The molecular weight excluding hydrogens is 626 g/mol. The van der Waals surface area contributed by atoms with E-state index >= 15 is 0 Å². The quantitative estimate of drug-likeness (QED) is 0.168. The summed E-state index contributed by atoms with van der Waals surface area (Å²) in [6.45, 7) is 10.4. The molecule has 2 fully saturated rings. The fraction of sp³-hybridized carbons (Fsp3) is 0.390. The number of likely N-dealkylation sites (tertiary alicyclic amines) is 1. The van der Waals surface area contributed by atoms with Gasteiger partial charge in [0.2, 0.25) is 11.8 Å². The Bertz CT molecular complexity index is 1950. The van der Waals surface area contributed by atoms with E-state index in [4.69, 9.17) is 24.3 Å². The van der Waals surface area contributed by atoms with Crippen LogP contribution in [0.1, 0.15) is 58.1 Å². The van der Waals surface area contributed by atoms with Crippen molar-refractivity contribution in [3.05, 3.63) is 102 Å². The van der Waals surface area contributed by atoms with Gasteiger partial charge in [-0.1, -0.05) is 79.7 Å². The molecule has 1 spiro atoms. The SMILES string of the molecule is C[C@H]1CC2(CC[C@@H]1Nc1cccc3c(-c4ccc(OCc5ccccc5)nc4OCc4ccccc4)nn(C)c13)CN(C(=O)OC(C)(C)C)C2. The molecule has 1 N–H and O–H groups in total. The van der Waals surface area contributed by atoms with E-state index in [0.29, 0.717) is 36.9 Å². The predicted octanol–water partition coefficient (Wildman–Crippen LogP) is 8.63. The van der Waals surface area contributed by atoms with E-state index in [1.807, 2.05) is 110 Å². The molecule has 2 aromatic heterocycles. The number of hydrogen-bond donors (Lipinski definition) is 1. The smallest absolute Gasteiger partial charge is 0.410 e. The molecule has 0 radical (unpaired) electrons. The van der Waals surface area contributed by atoms with Crippen molar-refractivity contribution in [2.75, 3.05) is 18.4 Å². The van der Waals surface area contributed by atoms with Gasteiger partial charge < -0.3 is 24.4 Å². The highest BCUT2D eigenvalue weighted by Gasteiger charge is 2.50. The lowest BCUT2D eigenvalue weighted by Crippen LogP contribution is -2.62. The Hall–Kier alpha value is -5.05. The number of nitrogens with zero attached hydrogens (tertiary/aromatic N) is 4. The summed E-state index contributed by atoms with van der Waals surface area (Å²) in [6.07, 6.45) is 2.99. The first-order valence-electron chi connectivity index (χ1n) is 17.6. The maximum Gasteiger partial charge on any atom is 0.410 e.